The van der Waals surface area contributed by atoms with E-state index in [2.05, 4.69) is 57.0 Å². The average Bonchev–Trinajstić information content (AvgIpc) is 2.37. The lowest BCUT2D eigenvalue weighted by Gasteiger charge is -2.29. The highest BCUT2D eigenvalue weighted by molar-refractivity contribution is 5.32. The van der Waals surface area contributed by atoms with Gasteiger partial charge in [-0.3, -0.25) is 0 Å². The van der Waals surface area contributed by atoms with Crippen LogP contribution in [-0.2, 0) is 5.41 Å². The molecule has 19 heavy (non-hydrogen) atoms. The molecule has 1 fully saturated rings. The Morgan fingerprint density at radius 1 is 1.21 bits per heavy atom. The van der Waals surface area contributed by atoms with Crippen molar-refractivity contribution in [2.24, 2.45) is 5.92 Å². The Bertz CT molecular complexity index is 400. The van der Waals surface area contributed by atoms with Gasteiger partial charge in [0.05, 0.1) is 6.61 Å². The van der Waals surface area contributed by atoms with Crippen molar-refractivity contribution in [3.8, 4) is 5.75 Å². The van der Waals surface area contributed by atoms with Crippen molar-refractivity contribution in [1.82, 2.24) is 4.90 Å². The number of benzene rings is 1. The minimum atomic E-state index is 0.187. The smallest absolute Gasteiger partial charge is 0.119 e. The first-order valence-electron chi connectivity index (χ1n) is 7.37. The maximum atomic E-state index is 6.00. The van der Waals surface area contributed by atoms with Gasteiger partial charge in [0.15, 0.2) is 0 Å². The van der Waals surface area contributed by atoms with Gasteiger partial charge in [-0.05, 0) is 62.0 Å². The van der Waals surface area contributed by atoms with Gasteiger partial charge in [0.2, 0.25) is 0 Å². The lowest BCUT2D eigenvalue weighted by molar-refractivity contribution is 0.160. The first-order valence-corrected chi connectivity index (χ1v) is 7.37. The van der Waals surface area contributed by atoms with Crippen molar-refractivity contribution >= 4 is 0 Å². The molecule has 1 aromatic rings. The van der Waals surface area contributed by atoms with Crippen LogP contribution in [0.25, 0.3) is 0 Å². The second kappa shape index (κ2) is 5.96. The first kappa shape index (κ1) is 14.4. The molecule has 1 saturated heterocycles. The predicted molar refractivity (Wildman–Crippen MR) is 80.9 cm³/mol. The molecule has 0 atom stereocenters. The molecule has 0 N–H and O–H groups in total. The van der Waals surface area contributed by atoms with Crippen molar-refractivity contribution in [2.45, 2.75) is 39.0 Å². The molecule has 1 aliphatic heterocycles. The van der Waals surface area contributed by atoms with E-state index in [0.717, 1.165) is 18.3 Å². The van der Waals surface area contributed by atoms with Crippen LogP contribution in [0.15, 0.2) is 24.3 Å². The van der Waals surface area contributed by atoms with Gasteiger partial charge in [0.25, 0.3) is 0 Å². The van der Waals surface area contributed by atoms with E-state index in [1.54, 1.807) is 0 Å². The summed E-state index contributed by atoms with van der Waals surface area (Å²) in [4.78, 5) is 2.40. The second-order valence-electron chi connectivity index (χ2n) is 6.84. The molecule has 0 aromatic heterocycles. The first-order chi connectivity index (χ1) is 8.95. The number of ether oxygens (including phenoxy) is 1. The molecule has 1 aromatic carbocycles. The van der Waals surface area contributed by atoms with Crippen molar-refractivity contribution in [1.29, 1.82) is 0 Å². The van der Waals surface area contributed by atoms with E-state index in [0.29, 0.717) is 0 Å². The van der Waals surface area contributed by atoms with Crippen molar-refractivity contribution < 1.29 is 4.74 Å². The molecule has 0 bridgehead atoms. The summed E-state index contributed by atoms with van der Waals surface area (Å²) < 4.78 is 6.00. The zero-order chi connectivity index (χ0) is 13.9. The van der Waals surface area contributed by atoms with Crippen molar-refractivity contribution in [3.05, 3.63) is 29.8 Å². The van der Waals surface area contributed by atoms with Crippen LogP contribution >= 0.6 is 0 Å². The van der Waals surface area contributed by atoms with E-state index in [1.165, 1.54) is 31.5 Å². The van der Waals surface area contributed by atoms with Crippen LogP contribution in [0.2, 0.25) is 0 Å². The Morgan fingerprint density at radius 2 is 1.89 bits per heavy atom. The summed E-state index contributed by atoms with van der Waals surface area (Å²) in [6, 6.07) is 8.55. The van der Waals surface area contributed by atoms with Crippen LogP contribution in [0.3, 0.4) is 0 Å². The van der Waals surface area contributed by atoms with Crippen molar-refractivity contribution in [2.75, 3.05) is 26.7 Å². The van der Waals surface area contributed by atoms with Gasteiger partial charge in [0, 0.05) is 0 Å². The monoisotopic (exact) mass is 261 g/mol. The van der Waals surface area contributed by atoms with E-state index in [4.69, 9.17) is 4.74 Å². The number of likely N-dealkylation sites (tertiary alicyclic amines) is 1. The van der Waals surface area contributed by atoms with E-state index in [1.807, 2.05) is 0 Å². The molecule has 106 valence electrons. The molecule has 0 spiro atoms. The molecule has 2 rings (SSSR count). The third kappa shape index (κ3) is 4.24. The lowest BCUT2D eigenvalue weighted by atomic mass is 9.87. The predicted octanol–water partition coefficient (Wildman–Crippen LogP) is 3.70. The minimum absolute atomic E-state index is 0.187. The third-order valence-corrected chi connectivity index (χ3v) is 4.02. The van der Waals surface area contributed by atoms with Gasteiger partial charge < -0.3 is 9.64 Å². The minimum Gasteiger partial charge on any atom is -0.493 e. The highest BCUT2D eigenvalue weighted by atomic mass is 16.5. The average molecular weight is 261 g/mol. The summed E-state index contributed by atoms with van der Waals surface area (Å²) in [6.45, 7) is 9.99. The fourth-order valence-electron chi connectivity index (χ4n) is 2.50. The molecular formula is C17H27NO. The molecule has 0 saturated carbocycles. The van der Waals surface area contributed by atoms with E-state index < -0.39 is 0 Å². The lowest BCUT2D eigenvalue weighted by Crippen LogP contribution is -2.32. The molecule has 0 amide bonds. The fourth-order valence-corrected chi connectivity index (χ4v) is 2.50. The normalized spacial score (nSPS) is 18.5. The number of piperidine rings is 1. The van der Waals surface area contributed by atoms with Crippen LogP contribution in [0.5, 0.6) is 5.75 Å². The number of nitrogens with zero attached hydrogens (tertiary/aromatic N) is 1. The molecule has 0 aliphatic carbocycles. The zero-order valence-corrected chi connectivity index (χ0v) is 12.8. The van der Waals surface area contributed by atoms with Crippen molar-refractivity contribution in [3.63, 3.8) is 0 Å². The largest absolute Gasteiger partial charge is 0.493 e. The summed E-state index contributed by atoms with van der Waals surface area (Å²) in [6.07, 6.45) is 2.52. The van der Waals surface area contributed by atoms with Crippen LogP contribution < -0.4 is 4.74 Å². The summed E-state index contributed by atoms with van der Waals surface area (Å²) in [7, 11) is 2.20. The summed E-state index contributed by atoms with van der Waals surface area (Å²) in [5.74, 6) is 1.74. The summed E-state index contributed by atoms with van der Waals surface area (Å²) >= 11 is 0. The van der Waals surface area contributed by atoms with E-state index in [9.17, 15) is 0 Å². The number of rotatable bonds is 3. The van der Waals surface area contributed by atoms with Crippen LogP contribution in [-0.4, -0.2) is 31.6 Å². The van der Waals surface area contributed by atoms with Crippen LogP contribution in [0.1, 0.15) is 39.2 Å². The van der Waals surface area contributed by atoms with Gasteiger partial charge in [-0.1, -0.05) is 32.9 Å². The Morgan fingerprint density at radius 3 is 2.53 bits per heavy atom. The second-order valence-corrected chi connectivity index (χ2v) is 6.84. The summed E-state index contributed by atoms with van der Waals surface area (Å²) in [5.41, 5.74) is 1.53. The van der Waals surface area contributed by atoms with Crippen LogP contribution in [0, 0.1) is 5.92 Å². The van der Waals surface area contributed by atoms with Crippen LogP contribution in [0.4, 0.5) is 0 Å². The van der Waals surface area contributed by atoms with Gasteiger partial charge >= 0.3 is 0 Å². The molecule has 1 heterocycles. The van der Waals surface area contributed by atoms with E-state index in [-0.39, 0.29) is 5.41 Å². The molecule has 0 unspecified atom stereocenters. The molecule has 2 heteroatoms. The fraction of sp³-hybridized carbons (Fsp3) is 0.647. The van der Waals surface area contributed by atoms with E-state index >= 15 is 0 Å². The maximum Gasteiger partial charge on any atom is 0.119 e. The topological polar surface area (TPSA) is 12.5 Å². The van der Waals surface area contributed by atoms with Gasteiger partial charge in [-0.15, -0.1) is 0 Å². The van der Waals surface area contributed by atoms with Gasteiger partial charge in [0.1, 0.15) is 5.75 Å². The molecule has 1 aliphatic rings. The third-order valence-electron chi connectivity index (χ3n) is 4.02. The summed E-state index contributed by atoms with van der Waals surface area (Å²) in [5, 5.41) is 0. The number of hydrogen-bond acceptors (Lipinski definition) is 2. The Kier molecular flexibility index (Phi) is 4.51. The molecule has 0 radical (unpaired) electrons. The Labute approximate surface area is 117 Å². The highest BCUT2D eigenvalue weighted by Crippen LogP contribution is 2.26. The highest BCUT2D eigenvalue weighted by Gasteiger charge is 2.18. The zero-order valence-electron chi connectivity index (χ0n) is 12.8. The Balaban J connectivity index is 1.89. The maximum absolute atomic E-state index is 6.00. The number of hydrogen-bond donors (Lipinski definition) is 0. The SMILES string of the molecule is CN1CCC(COc2cccc(C(C)(C)C)c2)CC1. The molecule has 2 nitrogen and oxygen atoms in total. The Hall–Kier alpha value is -1.02. The van der Waals surface area contributed by atoms with Gasteiger partial charge in [-0.2, -0.15) is 0 Å². The standard InChI is InChI=1S/C17H27NO/c1-17(2,3)15-6-5-7-16(12-15)19-13-14-8-10-18(4)11-9-14/h5-7,12,14H,8-11,13H2,1-4H3. The quantitative estimate of drug-likeness (QED) is 0.822. The molecular weight excluding hydrogens is 234 g/mol. The van der Waals surface area contributed by atoms with Gasteiger partial charge in [-0.25, -0.2) is 0 Å².